The number of amides is 1. The molecular weight excluding hydrogens is 292 g/mol. The molecule has 1 aromatic heterocycles. The van der Waals surface area contributed by atoms with Crippen LogP contribution in [0.4, 0.5) is 0 Å². The number of nitrogens with one attached hydrogen (secondary N) is 2. The lowest BCUT2D eigenvalue weighted by Crippen LogP contribution is -2.49. The summed E-state index contributed by atoms with van der Waals surface area (Å²) in [6.07, 6.45) is 0. The van der Waals surface area contributed by atoms with Crippen LogP contribution in [0.2, 0.25) is 0 Å². The highest BCUT2D eigenvalue weighted by Gasteiger charge is 2.24. The second-order valence-electron chi connectivity index (χ2n) is 3.84. The van der Waals surface area contributed by atoms with Gasteiger partial charge in [0.2, 0.25) is 5.91 Å². The lowest BCUT2D eigenvalue weighted by molar-refractivity contribution is -0.141. The number of carboxylic acid groups (broad SMARTS) is 1. The highest BCUT2D eigenvalue weighted by Crippen LogP contribution is 2.15. The van der Waals surface area contributed by atoms with Crippen LogP contribution in [-0.2, 0) is 19.6 Å². The zero-order valence-electron chi connectivity index (χ0n) is 10.3. The highest BCUT2D eigenvalue weighted by molar-refractivity contribution is 7.91. The molecule has 0 aromatic carbocycles. The van der Waals surface area contributed by atoms with Gasteiger partial charge in [0.05, 0.1) is 6.04 Å². The third-order valence-electron chi connectivity index (χ3n) is 2.21. The van der Waals surface area contributed by atoms with Crippen molar-refractivity contribution in [2.75, 3.05) is 0 Å². The maximum atomic E-state index is 11.8. The molecule has 0 radical (unpaired) electrons. The third kappa shape index (κ3) is 4.30. The minimum atomic E-state index is -3.76. The molecular formula is C10H14N2O5S2. The van der Waals surface area contributed by atoms with Crippen molar-refractivity contribution in [3.05, 3.63) is 17.5 Å². The molecule has 106 valence electrons. The number of carboxylic acids is 1. The predicted molar refractivity (Wildman–Crippen MR) is 69.3 cm³/mol. The van der Waals surface area contributed by atoms with Gasteiger partial charge in [-0.15, -0.1) is 11.3 Å². The van der Waals surface area contributed by atoms with Crippen molar-refractivity contribution in [1.29, 1.82) is 0 Å². The zero-order valence-corrected chi connectivity index (χ0v) is 11.9. The van der Waals surface area contributed by atoms with E-state index in [2.05, 4.69) is 10.0 Å². The van der Waals surface area contributed by atoms with Gasteiger partial charge in [-0.2, -0.15) is 4.72 Å². The number of carbonyl (C=O) groups excluding carboxylic acids is 1. The van der Waals surface area contributed by atoms with E-state index in [0.29, 0.717) is 0 Å². The first kappa shape index (κ1) is 15.6. The number of aliphatic carboxylic acids is 1. The topological polar surface area (TPSA) is 113 Å². The quantitative estimate of drug-likeness (QED) is 0.685. The first-order chi connectivity index (χ1) is 8.74. The van der Waals surface area contributed by atoms with Crippen LogP contribution in [-0.4, -0.2) is 37.5 Å². The van der Waals surface area contributed by atoms with E-state index in [0.717, 1.165) is 11.3 Å². The predicted octanol–water partition coefficient (Wildman–Crippen LogP) is 0.00420. The summed E-state index contributed by atoms with van der Waals surface area (Å²) in [5, 5.41) is 12.4. The van der Waals surface area contributed by atoms with Crippen LogP contribution in [0.15, 0.2) is 21.7 Å². The SMILES string of the molecule is CC(NC(=O)C(C)NS(=O)(=O)c1cccs1)C(=O)O. The van der Waals surface area contributed by atoms with Gasteiger partial charge in [-0.25, -0.2) is 8.42 Å². The van der Waals surface area contributed by atoms with Crippen LogP contribution in [0.5, 0.6) is 0 Å². The summed E-state index contributed by atoms with van der Waals surface area (Å²) >= 11 is 1.03. The van der Waals surface area contributed by atoms with Crippen molar-refractivity contribution >= 4 is 33.2 Å². The number of rotatable bonds is 6. The van der Waals surface area contributed by atoms with Crippen LogP contribution in [0.1, 0.15) is 13.8 Å². The molecule has 0 fully saturated rings. The lowest BCUT2D eigenvalue weighted by Gasteiger charge is -2.15. The molecule has 1 rings (SSSR count). The van der Waals surface area contributed by atoms with Gasteiger partial charge in [0.15, 0.2) is 0 Å². The van der Waals surface area contributed by atoms with E-state index in [-0.39, 0.29) is 4.21 Å². The van der Waals surface area contributed by atoms with E-state index in [4.69, 9.17) is 5.11 Å². The van der Waals surface area contributed by atoms with Crippen molar-refractivity contribution in [1.82, 2.24) is 10.0 Å². The van der Waals surface area contributed by atoms with Crippen LogP contribution in [0.3, 0.4) is 0 Å². The molecule has 7 nitrogen and oxygen atoms in total. The molecule has 3 N–H and O–H groups in total. The lowest BCUT2D eigenvalue weighted by atomic mass is 10.3. The molecule has 1 heterocycles. The Bertz CT molecular complexity index is 552. The van der Waals surface area contributed by atoms with Crippen LogP contribution in [0.25, 0.3) is 0 Å². The minimum Gasteiger partial charge on any atom is -0.480 e. The van der Waals surface area contributed by atoms with E-state index in [1.807, 2.05) is 0 Å². The molecule has 0 aliphatic heterocycles. The Balaban J connectivity index is 2.67. The molecule has 9 heteroatoms. The van der Waals surface area contributed by atoms with Gasteiger partial charge in [-0.05, 0) is 25.3 Å². The first-order valence-corrected chi connectivity index (χ1v) is 7.69. The van der Waals surface area contributed by atoms with Crippen molar-refractivity contribution in [2.24, 2.45) is 0 Å². The molecule has 2 unspecified atom stereocenters. The Labute approximate surface area is 114 Å². The third-order valence-corrected chi connectivity index (χ3v) is 5.15. The Morgan fingerprint density at radius 3 is 2.42 bits per heavy atom. The molecule has 0 saturated carbocycles. The average Bonchev–Trinajstić information content (AvgIpc) is 2.81. The van der Waals surface area contributed by atoms with Gasteiger partial charge in [0, 0.05) is 0 Å². The Kier molecular flexibility index (Phi) is 5.04. The zero-order chi connectivity index (χ0) is 14.6. The van der Waals surface area contributed by atoms with Gasteiger partial charge in [0.25, 0.3) is 10.0 Å². The molecule has 19 heavy (non-hydrogen) atoms. The van der Waals surface area contributed by atoms with Crippen molar-refractivity contribution in [2.45, 2.75) is 30.1 Å². The fourth-order valence-corrected chi connectivity index (χ4v) is 3.37. The number of sulfonamides is 1. The van der Waals surface area contributed by atoms with Crippen molar-refractivity contribution in [3.63, 3.8) is 0 Å². The largest absolute Gasteiger partial charge is 0.480 e. The normalized spacial score (nSPS) is 14.6. The summed E-state index contributed by atoms with van der Waals surface area (Å²) in [6, 6.07) is 0.851. The van der Waals surface area contributed by atoms with E-state index >= 15 is 0 Å². The molecule has 0 aliphatic carbocycles. The Hall–Kier alpha value is -1.45. The second-order valence-corrected chi connectivity index (χ2v) is 6.73. The van der Waals surface area contributed by atoms with E-state index in [1.165, 1.54) is 19.9 Å². The highest BCUT2D eigenvalue weighted by atomic mass is 32.2. The van der Waals surface area contributed by atoms with Crippen LogP contribution in [0, 0.1) is 0 Å². The molecule has 1 aromatic rings. The maximum absolute atomic E-state index is 11.8. The van der Waals surface area contributed by atoms with Gasteiger partial charge < -0.3 is 10.4 Å². The summed E-state index contributed by atoms with van der Waals surface area (Å²) in [6.45, 7) is 2.63. The summed E-state index contributed by atoms with van der Waals surface area (Å²) in [4.78, 5) is 22.2. The monoisotopic (exact) mass is 306 g/mol. The van der Waals surface area contributed by atoms with Crippen LogP contribution < -0.4 is 10.0 Å². The fourth-order valence-electron chi connectivity index (χ4n) is 1.16. The standard InChI is InChI=1S/C10H14N2O5S2/c1-6(9(13)11-7(2)10(14)15)12-19(16,17)8-4-3-5-18-8/h3-7,12H,1-2H3,(H,11,13)(H,14,15). The number of thiophene rings is 1. The molecule has 0 spiro atoms. The molecule has 2 atom stereocenters. The summed E-state index contributed by atoms with van der Waals surface area (Å²) in [7, 11) is -3.76. The van der Waals surface area contributed by atoms with E-state index in [1.54, 1.807) is 11.4 Å². The summed E-state index contributed by atoms with van der Waals surface area (Å²) in [5.74, 6) is -1.89. The Morgan fingerprint density at radius 2 is 1.95 bits per heavy atom. The second kappa shape index (κ2) is 6.13. The maximum Gasteiger partial charge on any atom is 0.325 e. The fraction of sp³-hybridized carbons (Fsp3) is 0.400. The molecule has 0 bridgehead atoms. The molecule has 0 aliphatic rings. The van der Waals surface area contributed by atoms with E-state index < -0.39 is 34.0 Å². The number of carbonyl (C=O) groups is 2. The minimum absolute atomic E-state index is 0.0958. The van der Waals surface area contributed by atoms with Gasteiger partial charge in [-0.1, -0.05) is 6.07 Å². The van der Waals surface area contributed by atoms with Gasteiger partial charge in [0.1, 0.15) is 10.3 Å². The number of hydrogen-bond donors (Lipinski definition) is 3. The first-order valence-electron chi connectivity index (χ1n) is 5.33. The van der Waals surface area contributed by atoms with Gasteiger partial charge in [-0.3, -0.25) is 9.59 Å². The smallest absolute Gasteiger partial charge is 0.325 e. The Morgan fingerprint density at radius 1 is 1.32 bits per heavy atom. The average molecular weight is 306 g/mol. The summed E-state index contributed by atoms with van der Waals surface area (Å²) in [5.41, 5.74) is 0. The molecule has 0 saturated heterocycles. The van der Waals surface area contributed by atoms with E-state index in [9.17, 15) is 18.0 Å². The van der Waals surface area contributed by atoms with Crippen molar-refractivity contribution in [3.8, 4) is 0 Å². The van der Waals surface area contributed by atoms with Gasteiger partial charge >= 0.3 is 5.97 Å². The number of hydrogen-bond acceptors (Lipinski definition) is 5. The van der Waals surface area contributed by atoms with Crippen molar-refractivity contribution < 1.29 is 23.1 Å². The molecule has 1 amide bonds. The summed E-state index contributed by atoms with van der Waals surface area (Å²) < 4.78 is 25.9. The van der Waals surface area contributed by atoms with Crippen LogP contribution >= 0.6 is 11.3 Å².